The maximum absolute atomic E-state index is 13.4. The predicted molar refractivity (Wildman–Crippen MR) is 129 cm³/mol. The Bertz CT molecular complexity index is 1060. The first-order chi connectivity index (χ1) is 15.5. The number of hydrogen-bond acceptors (Lipinski definition) is 2. The van der Waals surface area contributed by atoms with E-state index in [1.807, 2.05) is 89.4 Å². The quantitative estimate of drug-likeness (QED) is 0.478. The average Bonchev–Trinajstić information content (AvgIpc) is 3.55. The second-order valence-corrected chi connectivity index (χ2v) is 9.06. The van der Waals surface area contributed by atoms with E-state index in [4.69, 9.17) is 0 Å². The van der Waals surface area contributed by atoms with Gasteiger partial charge in [0, 0.05) is 41.7 Å². The molecule has 0 saturated heterocycles. The van der Waals surface area contributed by atoms with Gasteiger partial charge in [-0.2, -0.15) is 0 Å². The number of halogens is 1. The van der Waals surface area contributed by atoms with Crippen molar-refractivity contribution in [1.29, 1.82) is 0 Å². The number of nitrogens with one attached hydrogen (secondary N) is 1. The third kappa shape index (κ3) is 5.79. The fraction of sp³-hybridized carbons (Fsp3) is 0.280. The molecule has 1 heterocycles. The van der Waals surface area contributed by atoms with Crippen LogP contribution >= 0.6 is 15.9 Å². The standard InChI is InChI=1S/C25H27BrN4O2/c1-28-15-5-8-23(28)17-29(16-19-6-3-2-4-7-19)24(31)18-30(22-13-14-22)25(32)27-21-11-9-20(26)10-12-21/h2-12,15,22H,13-14,16-18H2,1H3,(H,27,32). The van der Waals surface area contributed by atoms with Crippen molar-refractivity contribution < 1.29 is 9.59 Å². The van der Waals surface area contributed by atoms with E-state index < -0.39 is 0 Å². The van der Waals surface area contributed by atoms with Crippen molar-refractivity contribution in [2.45, 2.75) is 32.0 Å². The number of aromatic nitrogens is 1. The summed E-state index contributed by atoms with van der Waals surface area (Å²) in [6, 6.07) is 21.3. The van der Waals surface area contributed by atoms with E-state index in [1.165, 1.54) is 0 Å². The molecule has 0 spiro atoms. The molecule has 1 aliphatic rings. The van der Waals surface area contributed by atoms with Crippen LogP contribution in [0.3, 0.4) is 0 Å². The van der Waals surface area contributed by atoms with E-state index in [0.717, 1.165) is 28.6 Å². The molecule has 1 fully saturated rings. The Morgan fingerprint density at radius 2 is 1.72 bits per heavy atom. The van der Waals surface area contributed by atoms with Crippen LogP contribution in [0.15, 0.2) is 77.4 Å². The highest BCUT2D eigenvalue weighted by molar-refractivity contribution is 9.10. The summed E-state index contributed by atoms with van der Waals surface area (Å²) in [5, 5.41) is 2.93. The van der Waals surface area contributed by atoms with E-state index in [1.54, 1.807) is 4.90 Å². The molecule has 32 heavy (non-hydrogen) atoms. The van der Waals surface area contributed by atoms with Gasteiger partial charge in [0.25, 0.3) is 0 Å². The zero-order valence-corrected chi connectivity index (χ0v) is 19.7. The molecule has 1 saturated carbocycles. The van der Waals surface area contributed by atoms with Crippen LogP contribution in [-0.2, 0) is 24.9 Å². The zero-order chi connectivity index (χ0) is 22.5. The lowest BCUT2D eigenvalue weighted by Crippen LogP contribution is -2.45. The molecular formula is C25H27BrN4O2. The molecule has 7 heteroatoms. The number of benzene rings is 2. The Morgan fingerprint density at radius 3 is 2.34 bits per heavy atom. The number of rotatable bonds is 8. The highest BCUT2D eigenvalue weighted by Gasteiger charge is 2.35. The fourth-order valence-electron chi connectivity index (χ4n) is 3.62. The minimum absolute atomic E-state index is 0.0598. The molecule has 3 amide bonds. The summed E-state index contributed by atoms with van der Waals surface area (Å²) in [4.78, 5) is 29.9. The van der Waals surface area contributed by atoms with Crippen LogP contribution in [0.4, 0.5) is 10.5 Å². The maximum Gasteiger partial charge on any atom is 0.322 e. The third-order valence-electron chi connectivity index (χ3n) is 5.62. The lowest BCUT2D eigenvalue weighted by Gasteiger charge is -2.28. The molecule has 0 aliphatic heterocycles. The molecule has 4 rings (SSSR count). The van der Waals surface area contributed by atoms with Gasteiger partial charge >= 0.3 is 6.03 Å². The second-order valence-electron chi connectivity index (χ2n) is 8.14. The number of nitrogens with zero attached hydrogens (tertiary/aromatic N) is 3. The predicted octanol–water partition coefficient (Wildman–Crippen LogP) is 5.01. The lowest BCUT2D eigenvalue weighted by molar-refractivity contribution is -0.133. The Kier molecular flexibility index (Phi) is 6.95. The molecule has 166 valence electrons. The van der Waals surface area contributed by atoms with Gasteiger partial charge in [-0.25, -0.2) is 4.79 Å². The topological polar surface area (TPSA) is 57.6 Å². The summed E-state index contributed by atoms with van der Waals surface area (Å²) in [5.74, 6) is -0.0621. The first kappa shape index (κ1) is 22.1. The van der Waals surface area contributed by atoms with Crippen molar-refractivity contribution in [3.63, 3.8) is 0 Å². The van der Waals surface area contributed by atoms with E-state index in [0.29, 0.717) is 18.8 Å². The Hall–Kier alpha value is -3.06. The molecule has 1 aromatic heterocycles. The normalized spacial score (nSPS) is 12.9. The summed E-state index contributed by atoms with van der Waals surface area (Å²) in [6.07, 6.45) is 3.83. The van der Waals surface area contributed by atoms with Crippen LogP contribution in [0, 0.1) is 0 Å². The second kappa shape index (κ2) is 10.0. The van der Waals surface area contributed by atoms with Crippen molar-refractivity contribution in [3.05, 3.63) is 88.7 Å². The first-order valence-corrected chi connectivity index (χ1v) is 11.5. The van der Waals surface area contributed by atoms with Gasteiger partial charge in [0.15, 0.2) is 0 Å². The van der Waals surface area contributed by atoms with Gasteiger partial charge in [0.2, 0.25) is 5.91 Å². The number of carbonyl (C=O) groups is 2. The molecule has 6 nitrogen and oxygen atoms in total. The van der Waals surface area contributed by atoms with Gasteiger partial charge < -0.3 is 19.7 Å². The number of carbonyl (C=O) groups excluding carboxylic acids is 2. The van der Waals surface area contributed by atoms with Crippen molar-refractivity contribution in [2.75, 3.05) is 11.9 Å². The van der Waals surface area contributed by atoms with Gasteiger partial charge in [0.1, 0.15) is 6.54 Å². The van der Waals surface area contributed by atoms with Crippen LogP contribution in [-0.4, -0.2) is 38.9 Å². The largest absolute Gasteiger partial charge is 0.353 e. The van der Waals surface area contributed by atoms with Crippen LogP contribution in [0.25, 0.3) is 0 Å². The van der Waals surface area contributed by atoms with Crippen molar-refractivity contribution >= 4 is 33.6 Å². The molecular weight excluding hydrogens is 468 g/mol. The van der Waals surface area contributed by atoms with Crippen LogP contribution in [0.1, 0.15) is 24.1 Å². The van der Waals surface area contributed by atoms with E-state index in [2.05, 4.69) is 21.2 Å². The smallest absolute Gasteiger partial charge is 0.322 e. The fourth-order valence-corrected chi connectivity index (χ4v) is 3.88. The van der Waals surface area contributed by atoms with Gasteiger partial charge in [-0.1, -0.05) is 46.3 Å². The SMILES string of the molecule is Cn1cccc1CN(Cc1ccccc1)C(=O)CN(C(=O)Nc1ccc(Br)cc1)C1CC1. The minimum atomic E-state index is -0.235. The number of anilines is 1. The number of hydrogen-bond donors (Lipinski definition) is 1. The van der Waals surface area contributed by atoms with Crippen LogP contribution < -0.4 is 5.32 Å². The van der Waals surface area contributed by atoms with Crippen molar-refractivity contribution in [1.82, 2.24) is 14.4 Å². The summed E-state index contributed by atoms with van der Waals surface area (Å²) in [5.41, 5.74) is 2.82. The Balaban J connectivity index is 1.48. The minimum Gasteiger partial charge on any atom is -0.353 e. The third-order valence-corrected chi connectivity index (χ3v) is 6.15. The van der Waals surface area contributed by atoms with Crippen molar-refractivity contribution in [3.8, 4) is 0 Å². The lowest BCUT2D eigenvalue weighted by atomic mass is 10.2. The molecule has 1 N–H and O–H groups in total. The van der Waals surface area contributed by atoms with Gasteiger partial charge in [-0.15, -0.1) is 0 Å². The first-order valence-electron chi connectivity index (χ1n) is 10.7. The molecule has 3 aromatic rings. The summed E-state index contributed by atoms with van der Waals surface area (Å²) in [6.45, 7) is 1.05. The zero-order valence-electron chi connectivity index (χ0n) is 18.1. The highest BCUT2D eigenvalue weighted by Crippen LogP contribution is 2.28. The van der Waals surface area contributed by atoms with Crippen molar-refractivity contribution in [2.24, 2.45) is 7.05 Å². The van der Waals surface area contributed by atoms with Gasteiger partial charge in [-0.3, -0.25) is 4.79 Å². The molecule has 2 aromatic carbocycles. The number of amides is 3. The van der Waals surface area contributed by atoms with E-state index in [-0.39, 0.29) is 24.5 Å². The Labute approximate surface area is 197 Å². The molecule has 0 unspecified atom stereocenters. The molecule has 0 atom stereocenters. The molecule has 1 aliphatic carbocycles. The van der Waals surface area contributed by atoms with E-state index in [9.17, 15) is 9.59 Å². The van der Waals surface area contributed by atoms with Gasteiger partial charge in [0.05, 0.1) is 6.54 Å². The molecule has 0 radical (unpaired) electrons. The van der Waals surface area contributed by atoms with Gasteiger partial charge in [-0.05, 0) is 54.8 Å². The maximum atomic E-state index is 13.4. The number of urea groups is 1. The monoisotopic (exact) mass is 494 g/mol. The highest BCUT2D eigenvalue weighted by atomic mass is 79.9. The molecule has 0 bridgehead atoms. The van der Waals surface area contributed by atoms with Crippen LogP contribution in [0.5, 0.6) is 0 Å². The average molecular weight is 495 g/mol. The van der Waals surface area contributed by atoms with Crippen LogP contribution in [0.2, 0.25) is 0 Å². The summed E-state index contributed by atoms with van der Waals surface area (Å²) in [7, 11) is 1.97. The van der Waals surface area contributed by atoms with E-state index >= 15 is 0 Å². The summed E-state index contributed by atoms with van der Waals surface area (Å²) < 4.78 is 2.96. The summed E-state index contributed by atoms with van der Waals surface area (Å²) >= 11 is 3.40. The Morgan fingerprint density at radius 1 is 1.00 bits per heavy atom. The number of aryl methyl sites for hydroxylation is 1.